The number of nitrogens with zero attached hydrogens (tertiary/aromatic N) is 1. The summed E-state index contributed by atoms with van der Waals surface area (Å²) in [7, 11) is 0. The molecule has 1 aromatic heterocycles. The lowest BCUT2D eigenvalue weighted by Crippen LogP contribution is -2.15. The van der Waals surface area contributed by atoms with Gasteiger partial charge in [-0.05, 0) is 18.2 Å². The number of carbonyl (C=O) groups is 1. The summed E-state index contributed by atoms with van der Waals surface area (Å²) in [5, 5.41) is 2.17. The summed E-state index contributed by atoms with van der Waals surface area (Å²) in [4.78, 5) is 15.6. The molecule has 0 saturated carbocycles. The van der Waals surface area contributed by atoms with E-state index in [2.05, 4.69) is 26.2 Å². The van der Waals surface area contributed by atoms with Crippen molar-refractivity contribution in [3.63, 3.8) is 0 Å². The second kappa shape index (κ2) is 6.03. The monoisotopic (exact) mass is 380 g/mol. The number of hydrogen-bond donors (Lipinski definition) is 1. The molecule has 3 nitrogen and oxygen atoms in total. The van der Waals surface area contributed by atoms with Crippen LogP contribution in [0.3, 0.4) is 0 Å². The molecule has 104 valence electrons. The summed E-state index contributed by atoms with van der Waals surface area (Å²) in [5.74, 6) is -2.62. The first-order valence-corrected chi connectivity index (χ1v) is 6.70. The van der Waals surface area contributed by atoms with Gasteiger partial charge in [0.25, 0.3) is 5.91 Å². The van der Waals surface area contributed by atoms with Crippen molar-refractivity contribution >= 4 is 50.7 Å². The maximum Gasteiger partial charge on any atom is 0.257 e. The van der Waals surface area contributed by atoms with E-state index in [1.165, 1.54) is 12.3 Å². The highest BCUT2D eigenvalue weighted by Gasteiger charge is 2.17. The number of rotatable bonds is 2. The molecule has 1 N–H and O–H groups in total. The van der Waals surface area contributed by atoms with Crippen molar-refractivity contribution in [1.29, 1.82) is 0 Å². The first-order valence-electron chi connectivity index (χ1n) is 5.15. The van der Waals surface area contributed by atoms with Crippen LogP contribution < -0.4 is 5.32 Å². The largest absolute Gasteiger partial charge is 0.317 e. The van der Waals surface area contributed by atoms with Crippen LogP contribution >= 0.6 is 39.1 Å². The molecule has 0 bridgehead atoms. The molecule has 0 aliphatic heterocycles. The van der Waals surface area contributed by atoms with Crippen LogP contribution in [0, 0.1) is 11.6 Å². The van der Waals surface area contributed by atoms with Gasteiger partial charge in [0.2, 0.25) is 0 Å². The number of hydrogen-bond acceptors (Lipinski definition) is 2. The molecule has 0 fully saturated rings. The minimum atomic E-state index is -0.915. The number of halogens is 5. The maximum atomic E-state index is 13.6. The SMILES string of the molecule is O=C(Nc1c(F)cc(Br)cc1F)c1cc(Cl)ncc1Cl. The Bertz CT molecular complexity index is 674. The van der Waals surface area contributed by atoms with E-state index in [9.17, 15) is 13.6 Å². The summed E-state index contributed by atoms with van der Waals surface area (Å²) in [6, 6.07) is 3.26. The van der Waals surface area contributed by atoms with Crippen molar-refractivity contribution in [2.24, 2.45) is 0 Å². The average molecular weight is 382 g/mol. The van der Waals surface area contributed by atoms with E-state index in [4.69, 9.17) is 23.2 Å². The first-order chi connectivity index (χ1) is 9.38. The van der Waals surface area contributed by atoms with Gasteiger partial charge in [-0.1, -0.05) is 39.1 Å². The van der Waals surface area contributed by atoms with Crippen LogP contribution in [0.2, 0.25) is 10.2 Å². The van der Waals surface area contributed by atoms with E-state index in [0.29, 0.717) is 0 Å². The van der Waals surface area contributed by atoms with Gasteiger partial charge in [0, 0.05) is 10.7 Å². The van der Waals surface area contributed by atoms with Gasteiger partial charge in [-0.15, -0.1) is 0 Å². The van der Waals surface area contributed by atoms with Crippen LogP contribution in [0.5, 0.6) is 0 Å². The average Bonchev–Trinajstić information content (AvgIpc) is 2.36. The molecular formula is C12H5BrCl2F2N2O. The minimum absolute atomic E-state index is 0.0184. The third-order valence-corrected chi connectivity index (χ3v) is 3.28. The van der Waals surface area contributed by atoms with Crippen LogP contribution in [-0.2, 0) is 0 Å². The van der Waals surface area contributed by atoms with Crippen molar-refractivity contribution in [2.45, 2.75) is 0 Å². The summed E-state index contributed by atoms with van der Waals surface area (Å²) in [6.45, 7) is 0. The number of nitrogens with one attached hydrogen (secondary N) is 1. The zero-order valence-corrected chi connectivity index (χ0v) is 12.7. The lowest BCUT2D eigenvalue weighted by Gasteiger charge is -2.09. The molecule has 8 heteroatoms. The normalized spacial score (nSPS) is 10.4. The van der Waals surface area contributed by atoms with E-state index < -0.39 is 23.2 Å². The summed E-state index contributed by atoms with van der Waals surface area (Å²) in [5.41, 5.74) is -0.601. The Hall–Kier alpha value is -1.24. The van der Waals surface area contributed by atoms with Gasteiger partial charge >= 0.3 is 0 Å². The van der Waals surface area contributed by atoms with Crippen molar-refractivity contribution in [3.8, 4) is 0 Å². The standard InChI is InChI=1S/C12H5BrCl2F2N2O/c13-5-1-8(16)11(9(17)2-5)19-12(20)6-3-10(15)18-4-7(6)14/h1-4H,(H,19,20). The fraction of sp³-hybridized carbons (Fsp3) is 0. The van der Waals surface area contributed by atoms with E-state index in [1.54, 1.807) is 0 Å². The number of pyridine rings is 1. The molecule has 0 spiro atoms. The van der Waals surface area contributed by atoms with E-state index in [0.717, 1.165) is 12.1 Å². The Balaban J connectivity index is 2.35. The van der Waals surface area contributed by atoms with Gasteiger partial charge in [0.05, 0.1) is 10.6 Å². The summed E-state index contributed by atoms with van der Waals surface area (Å²) >= 11 is 14.4. The highest BCUT2D eigenvalue weighted by molar-refractivity contribution is 9.10. The summed E-state index contributed by atoms with van der Waals surface area (Å²) < 4.78 is 27.4. The highest BCUT2D eigenvalue weighted by Crippen LogP contribution is 2.25. The molecule has 0 radical (unpaired) electrons. The van der Waals surface area contributed by atoms with E-state index in [1.807, 2.05) is 0 Å². The summed E-state index contributed by atoms with van der Waals surface area (Å²) in [6.07, 6.45) is 1.17. The minimum Gasteiger partial charge on any atom is -0.317 e. The van der Waals surface area contributed by atoms with Gasteiger partial charge < -0.3 is 5.32 Å². The van der Waals surface area contributed by atoms with Crippen LogP contribution in [0.1, 0.15) is 10.4 Å². The molecule has 2 rings (SSSR count). The molecule has 0 saturated heterocycles. The fourth-order valence-corrected chi connectivity index (χ4v) is 2.18. The van der Waals surface area contributed by atoms with Crippen molar-refractivity contribution < 1.29 is 13.6 Å². The van der Waals surface area contributed by atoms with E-state index in [-0.39, 0.29) is 20.2 Å². The van der Waals surface area contributed by atoms with Crippen LogP contribution in [0.15, 0.2) is 28.9 Å². The van der Waals surface area contributed by atoms with Gasteiger partial charge in [-0.25, -0.2) is 13.8 Å². The topological polar surface area (TPSA) is 42.0 Å². The first kappa shape index (κ1) is 15.2. The Morgan fingerprint density at radius 3 is 2.40 bits per heavy atom. The Kier molecular flexibility index (Phi) is 4.57. The molecule has 20 heavy (non-hydrogen) atoms. The predicted molar refractivity (Wildman–Crippen MR) is 76.3 cm³/mol. The van der Waals surface area contributed by atoms with Crippen molar-refractivity contribution in [2.75, 3.05) is 5.32 Å². The molecule has 0 aliphatic rings. The number of aromatic nitrogens is 1. The van der Waals surface area contributed by atoms with Crippen LogP contribution in [-0.4, -0.2) is 10.9 Å². The molecule has 0 atom stereocenters. The van der Waals surface area contributed by atoms with Gasteiger partial charge in [0.1, 0.15) is 10.8 Å². The van der Waals surface area contributed by atoms with Crippen molar-refractivity contribution in [3.05, 3.63) is 56.2 Å². The number of amides is 1. The number of carbonyl (C=O) groups excluding carboxylic acids is 1. The predicted octanol–water partition coefficient (Wildman–Crippen LogP) is 4.68. The Morgan fingerprint density at radius 2 is 1.80 bits per heavy atom. The Morgan fingerprint density at radius 1 is 1.20 bits per heavy atom. The molecule has 0 unspecified atom stereocenters. The second-order valence-corrected chi connectivity index (χ2v) is 5.40. The zero-order valence-electron chi connectivity index (χ0n) is 9.55. The number of benzene rings is 1. The lowest BCUT2D eigenvalue weighted by atomic mass is 10.2. The third-order valence-electron chi connectivity index (χ3n) is 2.31. The quantitative estimate of drug-likeness (QED) is 0.767. The molecule has 1 heterocycles. The van der Waals surface area contributed by atoms with Crippen molar-refractivity contribution in [1.82, 2.24) is 4.98 Å². The van der Waals surface area contributed by atoms with Gasteiger partial charge in [0.15, 0.2) is 11.6 Å². The molecular weight excluding hydrogens is 377 g/mol. The zero-order chi connectivity index (χ0) is 14.9. The Labute approximate surface area is 131 Å². The van der Waals surface area contributed by atoms with Gasteiger partial charge in [-0.3, -0.25) is 4.79 Å². The molecule has 2 aromatic rings. The van der Waals surface area contributed by atoms with Crippen LogP contribution in [0.25, 0.3) is 0 Å². The van der Waals surface area contributed by atoms with Crippen LogP contribution in [0.4, 0.5) is 14.5 Å². The maximum absolute atomic E-state index is 13.6. The number of anilines is 1. The van der Waals surface area contributed by atoms with E-state index >= 15 is 0 Å². The highest BCUT2D eigenvalue weighted by atomic mass is 79.9. The second-order valence-electron chi connectivity index (χ2n) is 3.69. The lowest BCUT2D eigenvalue weighted by molar-refractivity contribution is 0.102. The molecule has 1 aromatic carbocycles. The van der Waals surface area contributed by atoms with Gasteiger partial charge in [-0.2, -0.15) is 0 Å². The molecule has 1 amide bonds. The fourth-order valence-electron chi connectivity index (χ4n) is 1.43. The molecule has 0 aliphatic carbocycles. The smallest absolute Gasteiger partial charge is 0.257 e. The third kappa shape index (κ3) is 3.26.